The fraction of sp³-hybridized carbons (Fsp3) is 0.600. The van der Waals surface area contributed by atoms with Crippen molar-refractivity contribution in [3.63, 3.8) is 0 Å². The van der Waals surface area contributed by atoms with Gasteiger partial charge in [0.15, 0.2) is 0 Å². The molecule has 5 heteroatoms. The van der Waals surface area contributed by atoms with E-state index in [-0.39, 0.29) is 6.04 Å². The molecule has 1 aromatic heterocycles. The Balaban J connectivity index is 2.62. The van der Waals surface area contributed by atoms with E-state index in [2.05, 4.69) is 39.7 Å². The molecule has 0 aliphatic carbocycles. The van der Waals surface area contributed by atoms with E-state index in [4.69, 9.17) is 10.6 Å². The summed E-state index contributed by atoms with van der Waals surface area (Å²) in [6, 6.07) is 2.31. The monoisotopic (exact) mass is 292 g/mol. The van der Waals surface area contributed by atoms with Crippen LogP contribution in [0.4, 0.5) is 0 Å². The molecule has 2 unspecified atom stereocenters. The molecule has 0 aromatic carbocycles. The van der Waals surface area contributed by atoms with Crippen molar-refractivity contribution in [3.8, 4) is 0 Å². The standard InChI is InChI=1S/C10H17BrN2OS/c1-7(3-4-14-2)10(13-12)9-5-8(11)6-15-9/h5-7,10,13H,3-4,12H2,1-2H3. The molecule has 0 amide bonds. The number of rotatable bonds is 6. The molecule has 0 saturated heterocycles. The lowest BCUT2D eigenvalue weighted by molar-refractivity contribution is 0.170. The SMILES string of the molecule is COCCC(C)C(NN)c1cc(Br)cs1. The van der Waals surface area contributed by atoms with Crippen molar-refractivity contribution in [1.82, 2.24) is 5.43 Å². The van der Waals surface area contributed by atoms with Gasteiger partial charge in [0.25, 0.3) is 0 Å². The number of ether oxygens (including phenoxy) is 1. The van der Waals surface area contributed by atoms with Crippen molar-refractivity contribution < 1.29 is 4.74 Å². The molecule has 1 rings (SSSR count). The van der Waals surface area contributed by atoms with Gasteiger partial charge < -0.3 is 4.74 Å². The van der Waals surface area contributed by atoms with E-state index in [1.165, 1.54) is 4.88 Å². The van der Waals surface area contributed by atoms with E-state index in [0.717, 1.165) is 17.5 Å². The molecule has 0 saturated carbocycles. The summed E-state index contributed by atoms with van der Waals surface area (Å²) >= 11 is 5.16. The number of thiophene rings is 1. The Labute approximate surface area is 103 Å². The summed E-state index contributed by atoms with van der Waals surface area (Å²) < 4.78 is 6.19. The zero-order valence-corrected chi connectivity index (χ0v) is 11.4. The fourth-order valence-electron chi connectivity index (χ4n) is 1.49. The second-order valence-electron chi connectivity index (χ2n) is 3.57. The Morgan fingerprint density at radius 2 is 2.40 bits per heavy atom. The molecule has 0 aliphatic heterocycles. The van der Waals surface area contributed by atoms with E-state index >= 15 is 0 Å². The van der Waals surface area contributed by atoms with Crippen LogP contribution in [0.5, 0.6) is 0 Å². The van der Waals surface area contributed by atoms with Gasteiger partial charge in [0.05, 0.1) is 6.04 Å². The molecule has 0 aliphatic rings. The van der Waals surface area contributed by atoms with Crippen molar-refractivity contribution in [1.29, 1.82) is 0 Å². The molecule has 3 nitrogen and oxygen atoms in total. The third kappa shape index (κ3) is 3.85. The molecular formula is C10H17BrN2OS. The van der Waals surface area contributed by atoms with Crippen LogP contribution in [0, 0.1) is 5.92 Å². The average Bonchev–Trinajstić information content (AvgIpc) is 2.63. The highest BCUT2D eigenvalue weighted by Gasteiger charge is 2.19. The predicted octanol–water partition coefficient (Wildman–Crippen LogP) is 2.69. The van der Waals surface area contributed by atoms with Crippen LogP contribution in [0.1, 0.15) is 24.3 Å². The van der Waals surface area contributed by atoms with Crippen LogP contribution in [-0.4, -0.2) is 13.7 Å². The predicted molar refractivity (Wildman–Crippen MR) is 67.7 cm³/mol. The van der Waals surface area contributed by atoms with Gasteiger partial charge in [-0.15, -0.1) is 11.3 Å². The van der Waals surface area contributed by atoms with Gasteiger partial charge >= 0.3 is 0 Å². The quantitative estimate of drug-likeness (QED) is 0.626. The van der Waals surface area contributed by atoms with Gasteiger partial charge in [-0.2, -0.15) is 0 Å². The third-order valence-electron chi connectivity index (χ3n) is 2.42. The zero-order valence-electron chi connectivity index (χ0n) is 9.00. The minimum absolute atomic E-state index is 0.205. The number of hydrazine groups is 1. The van der Waals surface area contributed by atoms with Crippen LogP contribution in [-0.2, 0) is 4.74 Å². The lowest BCUT2D eigenvalue weighted by Gasteiger charge is -2.21. The second-order valence-corrected chi connectivity index (χ2v) is 5.43. The van der Waals surface area contributed by atoms with Crippen molar-refractivity contribution in [3.05, 3.63) is 20.8 Å². The number of hydrogen-bond donors (Lipinski definition) is 2. The number of hydrogen-bond acceptors (Lipinski definition) is 4. The second kappa shape index (κ2) is 6.60. The molecule has 2 atom stereocenters. The molecular weight excluding hydrogens is 276 g/mol. The lowest BCUT2D eigenvalue weighted by atomic mass is 9.98. The summed E-state index contributed by atoms with van der Waals surface area (Å²) in [6.07, 6.45) is 1.00. The zero-order chi connectivity index (χ0) is 11.3. The topological polar surface area (TPSA) is 47.3 Å². The average molecular weight is 293 g/mol. The molecule has 1 aromatic rings. The minimum Gasteiger partial charge on any atom is -0.385 e. The van der Waals surface area contributed by atoms with E-state index in [9.17, 15) is 0 Å². The Hall–Kier alpha value is 0.0600. The van der Waals surface area contributed by atoms with Gasteiger partial charge in [-0.05, 0) is 34.3 Å². The highest BCUT2D eigenvalue weighted by Crippen LogP contribution is 2.30. The van der Waals surface area contributed by atoms with Crippen molar-refractivity contribution in [2.24, 2.45) is 11.8 Å². The summed E-state index contributed by atoms with van der Waals surface area (Å²) in [7, 11) is 1.72. The van der Waals surface area contributed by atoms with Crippen molar-refractivity contribution >= 4 is 27.3 Å². The fourth-order valence-corrected chi connectivity index (χ4v) is 3.13. The summed E-state index contributed by atoms with van der Waals surface area (Å²) in [6.45, 7) is 2.95. The summed E-state index contributed by atoms with van der Waals surface area (Å²) in [5.74, 6) is 6.05. The Morgan fingerprint density at radius 1 is 1.67 bits per heavy atom. The molecule has 0 fully saturated rings. The molecule has 15 heavy (non-hydrogen) atoms. The highest BCUT2D eigenvalue weighted by atomic mass is 79.9. The van der Waals surface area contributed by atoms with Gasteiger partial charge in [-0.25, -0.2) is 0 Å². The molecule has 0 spiro atoms. The normalized spacial score (nSPS) is 15.2. The number of halogens is 1. The lowest BCUT2D eigenvalue weighted by Crippen LogP contribution is -2.32. The molecule has 86 valence electrons. The van der Waals surface area contributed by atoms with Crippen molar-refractivity contribution in [2.45, 2.75) is 19.4 Å². The van der Waals surface area contributed by atoms with Gasteiger partial charge in [0.2, 0.25) is 0 Å². The molecule has 1 heterocycles. The van der Waals surface area contributed by atoms with Gasteiger partial charge in [0, 0.05) is 28.4 Å². The van der Waals surface area contributed by atoms with E-state index < -0.39 is 0 Å². The number of nitrogens with one attached hydrogen (secondary N) is 1. The van der Waals surface area contributed by atoms with E-state index in [1.807, 2.05) is 0 Å². The first-order valence-corrected chi connectivity index (χ1v) is 6.55. The number of methoxy groups -OCH3 is 1. The smallest absolute Gasteiger partial charge is 0.0580 e. The maximum atomic E-state index is 5.59. The molecule has 0 radical (unpaired) electrons. The first-order chi connectivity index (χ1) is 7.19. The van der Waals surface area contributed by atoms with Gasteiger partial charge in [0.1, 0.15) is 0 Å². The summed E-state index contributed by atoms with van der Waals surface area (Å²) in [5, 5.41) is 2.07. The van der Waals surface area contributed by atoms with Crippen LogP contribution < -0.4 is 11.3 Å². The first-order valence-electron chi connectivity index (χ1n) is 4.88. The maximum absolute atomic E-state index is 5.59. The Morgan fingerprint density at radius 3 is 2.87 bits per heavy atom. The Kier molecular flexibility index (Phi) is 5.78. The highest BCUT2D eigenvalue weighted by molar-refractivity contribution is 9.10. The Bertz CT molecular complexity index is 293. The van der Waals surface area contributed by atoms with Crippen LogP contribution >= 0.6 is 27.3 Å². The van der Waals surface area contributed by atoms with Gasteiger partial charge in [-0.1, -0.05) is 6.92 Å². The van der Waals surface area contributed by atoms with Crippen molar-refractivity contribution in [2.75, 3.05) is 13.7 Å². The van der Waals surface area contributed by atoms with E-state index in [0.29, 0.717) is 5.92 Å². The van der Waals surface area contributed by atoms with Crippen LogP contribution in [0.15, 0.2) is 15.9 Å². The van der Waals surface area contributed by atoms with E-state index in [1.54, 1.807) is 18.4 Å². The van der Waals surface area contributed by atoms with Gasteiger partial charge in [-0.3, -0.25) is 11.3 Å². The third-order valence-corrected chi connectivity index (χ3v) is 4.20. The number of nitrogens with two attached hydrogens (primary N) is 1. The minimum atomic E-state index is 0.205. The largest absolute Gasteiger partial charge is 0.385 e. The van der Waals surface area contributed by atoms with Crippen LogP contribution in [0.3, 0.4) is 0 Å². The van der Waals surface area contributed by atoms with Crippen LogP contribution in [0.25, 0.3) is 0 Å². The molecule has 3 N–H and O–H groups in total. The maximum Gasteiger partial charge on any atom is 0.0580 e. The summed E-state index contributed by atoms with van der Waals surface area (Å²) in [5.41, 5.74) is 2.87. The summed E-state index contributed by atoms with van der Waals surface area (Å²) in [4.78, 5) is 1.26. The molecule has 0 bridgehead atoms. The first kappa shape index (κ1) is 13.1. The van der Waals surface area contributed by atoms with Crippen LogP contribution in [0.2, 0.25) is 0 Å².